The molecule has 1 amide bonds. The number of benzene rings is 1. The van der Waals surface area contributed by atoms with Crippen molar-refractivity contribution in [3.05, 3.63) is 76.2 Å². The van der Waals surface area contributed by atoms with Gasteiger partial charge in [-0.25, -0.2) is 0 Å². The van der Waals surface area contributed by atoms with Crippen LogP contribution in [0.15, 0.2) is 60.2 Å². The summed E-state index contributed by atoms with van der Waals surface area (Å²) in [4.78, 5) is 22.4. The largest absolute Gasteiger partial charge is 0.336 e. The molecule has 5 heteroatoms. The highest BCUT2D eigenvalue weighted by Crippen LogP contribution is 2.33. The Labute approximate surface area is 170 Å². The lowest BCUT2D eigenvalue weighted by atomic mass is 9.93. The molecule has 1 saturated heterocycles. The predicted molar refractivity (Wildman–Crippen MR) is 115 cm³/mol. The fraction of sp³-hybridized carbons (Fsp3) is 0.304. The average Bonchev–Trinajstić information content (AvgIpc) is 3.37. The Bertz CT molecular complexity index is 949. The second-order valence-electron chi connectivity index (χ2n) is 7.70. The highest BCUT2D eigenvalue weighted by Gasteiger charge is 2.37. The SMILES string of the molecule is Cc1ccc(C2CN(C(=O)c3cc(-c4cccnc4)cs3)CC2N(C)C)cc1. The van der Waals surface area contributed by atoms with Gasteiger partial charge in [0.1, 0.15) is 0 Å². The summed E-state index contributed by atoms with van der Waals surface area (Å²) in [5.74, 6) is 0.457. The molecule has 4 rings (SSSR count). The second kappa shape index (κ2) is 7.86. The van der Waals surface area contributed by atoms with Crippen LogP contribution in [-0.2, 0) is 0 Å². The number of hydrogen-bond acceptors (Lipinski definition) is 4. The first kappa shape index (κ1) is 18.8. The molecule has 0 spiro atoms. The van der Waals surface area contributed by atoms with Crippen LogP contribution < -0.4 is 0 Å². The third-order valence-electron chi connectivity index (χ3n) is 5.55. The van der Waals surface area contributed by atoms with Gasteiger partial charge < -0.3 is 9.80 Å². The van der Waals surface area contributed by atoms with Crippen LogP contribution in [0.3, 0.4) is 0 Å². The lowest BCUT2D eigenvalue weighted by Gasteiger charge is -2.25. The number of likely N-dealkylation sites (N-methyl/N-ethyl adjacent to an activating group) is 1. The fourth-order valence-electron chi connectivity index (χ4n) is 3.91. The van der Waals surface area contributed by atoms with Crippen LogP contribution in [-0.4, -0.2) is 53.9 Å². The summed E-state index contributed by atoms with van der Waals surface area (Å²) in [7, 11) is 4.21. The molecule has 144 valence electrons. The van der Waals surface area contributed by atoms with Gasteiger partial charge in [-0.3, -0.25) is 9.78 Å². The maximum atomic E-state index is 13.2. The Morgan fingerprint density at radius 3 is 2.61 bits per heavy atom. The molecule has 3 aromatic rings. The number of rotatable bonds is 4. The van der Waals surface area contributed by atoms with Crippen molar-refractivity contribution >= 4 is 17.2 Å². The van der Waals surface area contributed by atoms with Gasteiger partial charge in [0.2, 0.25) is 0 Å². The number of carbonyl (C=O) groups excluding carboxylic acids is 1. The van der Waals surface area contributed by atoms with Gasteiger partial charge in [-0.2, -0.15) is 0 Å². The van der Waals surface area contributed by atoms with Crippen molar-refractivity contribution in [2.45, 2.75) is 18.9 Å². The summed E-state index contributed by atoms with van der Waals surface area (Å²) in [6.45, 7) is 3.61. The first-order valence-corrected chi connectivity index (χ1v) is 10.4. The fourth-order valence-corrected chi connectivity index (χ4v) is 4.79. The lowest BCUT2D eigenvalue weighted by molar-refractivity contribution is 0.0787. The molecular weight excluding hydrogens is 366 g/mol. The van der Waals surface area contributed by atoms with Gasteiger partial charge in [0.15, 0.2) is 0 Å². The molecule has 2 aromatic heterocycles. The van der Waals surface area contributed by atoms with Crippen LogP contribution in [0.1, 0.15) is 26.7 Å². The lowest BCUT2D eigenvalue weighted by Crippen LogP contribution is -2.35. The molecule has 0 N–H and O–H groups in total. The number of amides is 1. The van der Waals surface area contributed by atoms with Crippen LogP contribution in [0.25, 0.3) is 11.1 Å². The number of carbonyl (C=O) groups is 1. The number of hydrogen-bond donors (Lipinski definition) is 0. The van der Waals surface area contributed by atoms with Gasteiger partial charge in [-0.1, -0.05) is 35.9 Å². The Hall–Kier alpha value is -2.50. The van der Waals surface area contributed by atoms with Crippen LogP contribution in [0.2, 0.25) is 0 Å². The molecular formula is C23H25N3OS. The summed E-state index contributed by atoms with van der Waals surface area (Å²) >= 11 is 1.52. The normalized spacial score (nSPS) is 19.4. The minimum absolute atomic E-state index is 0.126. The van der Waals surface area contributed by atoms with E-state index < -0.39 is 0 Å². The second-order valence-corrected chi connectivity index (χ2v) is 8.61. The van der Waals surface area contributed by atoms with Crippen LogP contribution in [0, 0.1) is 6.92 Å². The molecule has 0 aliphatic carbocycles. The topological polar surface area (TPSA) is 36.4 Å². The number of thiophene rings is 1. The molecule has 1 aliphatic heterocycles. The minimum Gasteiger partial charge on any atom is -0.336 e. The number of likely N-dealkylation sites (tertiary alicyclic amines) is 1. The Morgan fingerprint density at radius 1 is 1.14 bits per heavy atom. The van der Waals surface area contributed by atoms with E-state index in [0.717, 1.165) is 29.1 Å². The molecule has 0 radical (unpaired) electrons. The third kappa shape index (κ3) is 3.73. The van der Waals surface area contributed by atoms with Gasteiger partial charge in [0.05, 0.1) is 4.88 Å². The van der Waals surface area contributed by atoms with E-state index in [0.29, 0.717) is 12.0 Å². The van der Waals surface area contributed by atoms with Crippen molar-refractivity contribution in [2.24, 2.45) is 0 Å². The highest BCUT2D eigenvalue weighted by atomic mass is 32.1. The molecule has 3 heterocycles. The van der Waals surface area contributed by atoms with E-state index in [-0.39, 0.29) is 5.91 Å². The molecule has 2 atom stereocenters. The number of pyridine rings is 1. The van der Waals surface area contributed by atoms with Crippen LogP contribution >= 0.6 is 11.3 Å². The van der Waals surface area contributed by atoms with Crippen molar-refractivity contribution < 1.29 is 4.79 Å². The number of nitrogens with zero attached hydrogens (tertiary/aromatic N) is 3. The Balaban J connectivity index is 1.55. The van der Waals surface area contributed by atoms with Gasteiger partial charge in [0.25, 0.3) is 5.91 Å². The van der Waals surface area contributed by atoms with Crippen molar-refractivity contribution in [1.82, 2.24) is 14.8 Å². The van der Waals surface area contributed by atoms with E-state index in [2.05, 4.69) is 55.2 Å². The zero-order chi connectivity index (χ0) is 19.7. The maximum absolute atomic E-state index is 13.2. The smallest absolute Gasteiger partial charge is 0.264 e. The molecule has 0 saturated carbocycles. The van der Waals surface area contributed by atoms with Crippen LogP contribution in [0.5, 0.6) is 0 Å². The summed E-state index contributed by atoms with van der Waals surface area (Å²) in [5.41, 5.74) is 4.67. The van der Waals surface area contributed by atoms with E-state index >= 15 is 0 Å². The summed E-state index contributed by atoms with van der Waals surface area (Å²) in [5, 5.41) is 2.04. The molecule has 0 bridgehead atoms. The third-order valence-corrected chi connectivity index (χ3v) is 6.47. The zero-order valence-corrected chi connectivity index (χ0v) is 17.3. The number of aryl methyl sites for hydroxylation is 1. The molecule has 1 aliphatic rings. The summed E-state index contributed by atoms with van der Waals surface area (Å²) < 4.78 is 0. The number of aromatic nitrogens is 1. The molecule has 28 heavy (non-hydrogen) atoms. The average molecular weight is 392 g/mol. The maximum Gasteiger partial charge on any atom is 0.264 e. The monoisotopic (exact) mass is 391 g/mol. The summed E-state index contributed by atoms with van der Waals surface area (Å²) in [6.07, 6.45) is 3.60. The van der Waals surface area contributed by atoms with Gasteiger partial charge in [0, 0.05) is 43.0 Å². The van der Waals surface area contributed by atoms with Crippen molar-refractivity contribution in [3.63, 3.8) is 0 Å². The highest BCUT2D eigenvalue weighted by molar-refractivity contribution is 7.12. The van der Waals surface area contributed by atoms with Crippen LogP contribution in [0.4, 0.5) is 0 Å². The molecule has 1 fully saturated rings. The quantitative estimate of drug-likeness (QED) is 0.666. The first-order chi connectivity index (χ1) is 13.5. The van der Waals surface area contributed by atoms with E-state index in [1.54, 1.807) is 6.20 Å². The van der Waals surface area contributed by atoms with E-state index in [9.17, 15) is 4.79 Å². The summed E-state index contributed by atoms with van der Waals surface area (Å²) in [6, 6.07) is 15.0. The minimum atomic E-state index is 0.126. The van der Waals surface area contributed by atoms with E-state index in [1.807, 2.05) is 34.7 Å². The van der Waals surface area contributed by atoms with Gasteiger partial charge in [-0.15, -0.1) is 11.3 Å². The van der Waals surface area contributed by atoms with Crippen molar-refractivity contribution in [3.8, 4) is 11.1 Å². The molecule has 1 aromatic carbocycles. The zero-order valence-electron chi connectivity index (χ0n) is 16.5. The Kier molecular flexibility index (Phi) is 5.29. The van der Waals surface area contributed by atoms with Crippen molar-refractivity contribution in [1.29, 1.82) is 0 Å². The van der Waals surface area contributed by atoms with E-state index in [1.165, 1.54) is 22.5 Å². The van der Waals surface area contributed by atoms with Gasteiger partial charge in [-0.05, 0) is 49.7 Å². The predicted octanol–water partition coefficient (Wildman–Crippen LogP) is 4.29. The van der Waals surface area contributed by atoms with Crippen molar-refractivity contribution in [2.75, 3.05) is 27.2 Å². The van der Waals surface area contributed by atoms with Gasteiger partial charge >= 0.3 is 0 Å². The van der Waals surface area contributed by atoms with E-state index in [4.69, 9.17) is 0 Å². The Morgan fingerprint density at radius 2 is 1.93 bits per heavy atom. The molecule has 4 nitrogen and oxygen atoms in total. The first-order valence-electron chi connectivity index (χ1n) is 9.54. The molecule has 2 unspecified atom stereocenters. The standard InChI is InChI=1S/C23H25N3OS/c1-16-6-8-17(9-7-16)20-13-26(14-21(20)25(2)3)23(27)22-11-19(15-28-22)18-5-4-10-24-12-18/h4-12,15,20-21H,13-14H2,1-3H3.